The number of rotatable bonds is 7. The first-order valence-electron chi connectivity index (χ1n) is 8.21. The van der Waals surface area contributed by atoms with E-state index in [1.807, 2.05) is 6.92 Å². The van der Waals surface area contributed by atoms with Gasteiger partial charge < -0.3 is 5.32 Å². The van der Waals surface area contributed by atoms with E-state index >= 15 is 0 Å². The van der Waals surface area contributed by atoms with Gasteiger partial charge in [0.25, 0.3) is 0 Å². The summed E-state index contributed by atoms with van der Waals surface area (Å²) >= 11 is 0. The molecule has 1 fully saturated rings. The van der Waals surface area contributed by atoms with Gasteiger partial charge in [-0.1, -0.05) is 39.0 Å². The van der Waals surface area contributed by atoms with Crippen LogP contribution in [0.15, 0.2) is 0 Å². The van der Waals surface area contributed by atoms with Crippen LogP contribution in [0.5, 0.6) is 0 Å². The number of halogens is 3. The van der Waals surface area contributed by atoms with Gasteiger partial charge in [-0.2, -0.15) is 13.2 Å². The van der Waals surface area contributed by atoms with E-state index in [-0.39, 0.29) is 24.8 Å². The largest absolute Gasteiger partial charge is 0.391 e. The monoisotopic (exact) mass is 307 g/mol. The molecule has 0 bridgehead atoms. The standard InChI is InChI=1S/C16H28F3NO/c1-3-4-5-6-8-12(2)20-15(21)13-9-7-10-14(11-13)16(17,18)19/h12-14H,3-11H2,1-2H3,(H,20,21). The normalized spacial score (nSPS) is 24.6. The number of carbonyl (C=O) groups is 1. The Labute approximate surface area is 125 Å². The molecule has 5 heteroatoms. The molecule has 0 aromatic heterocycles. The fourth-order valence-electron chi connectivity index (χ4n) is 3.04. The highest BCUT2D eigenvalue weighted by molar-refractivity contribution is 5.79. The number of hydrogen-bond acceptors (Lipinski definition) is 1. The molecule has 1 saturated carbocycles. The predicted molar refractivity (Wildman–Crippen MR) is 77.9 cm³/mol. The number of carbonyl (C=O) groups excluding carboxylic acids is 1. The van der Waals surface area contributed by atoms with Crippen molar-refractivity contribution in [1.29, 1.82) is 0 Å². The van der Waals surface area contributed by atoms with Crippen molar-refractivity contribution >= 4 is 5.91 Å². The van der Waals surface area contributed by atoms with Crippen molar-refractivity contribution in [3.8, 4) is 0 Å². The van der Waals surface area contributed by atoms with E-state index in [9.17, 15) is 18.0 Å². The SMILES string of the molecule is CCCCCCC(C)NC(=O)C1CCCC(C(F)(F)F)C1. The van der Waals surface area contributed by atoms with Crippen molar-refractivity contribution in [3.05, 3.63) is 0 Å². The van der Waals surface area contributed by atoms with E-state index in [1.54, 1.807) is 0 Å². The highest BCUT2D eigenvalue weighted by Crippen LogP contribution is 2.39. The van der Waals surface area contributed by atoms with Gasteiger partial charge in [0.15, 0.2) is 0 Å². The summed E-state index contributed by atoms with van der Waals surface area (Å²) in [6.45, 7) is 4.08. The molecule has 1 aliphatic rings. The van der Waals surface area contributed by atoms with Gasteiger partial charge in [-0.25, -0.2) is 0 Å². The summed E-state index contributed by atoms with van der Waals surface area (Å²) in [5.74, 6) is -1.96. The fraction of sp³-hybridized carbons (Fsp3) is 0.938. The average molecular weight is 307 g/mol. The van der Waals surface area contributed by atoms with E-state index in [0.717, 1.165) is 19.3 Å². The molecule has 0 aromatic carbocycles. The first kappa shape index (κ1) is 18.3. The zero-order chi connectivity index (χ0) is 15.9. The molecule has 0 spiro atoms. The van der Waals surface area contributed by atoms with E-state index in [4.69, 9.17) is 0 Å². The number of hydrogen-bond donors (Lipinski definition) is 1. The zero-order valence-electron chi connectivity index (χ0n) is 13.1. The van der Waals surface area contributed by atoms with Crippen LogP contribution >= 0.6 is 0 Å². The molecule has 1 aliphatic carbocycles. The van der Waals surface area contributed by atoms with Gasteiger partial charge in [0, 0.05) is 12.0 Å². The Bertz CT molecular complexity index is 317. The van der Waals surface area contributed by atoms with Gasteiger partial charge in [0.05, 0.1) is 5.92 Å². The van der Waals surface area contributed by atoms with Gasteiger partial charge >= 0.3 is 6.18 Å². The van der Waals surface area contributed by atoms with Crippen molar-refractivity contribution in [3.63, 3.8) is 0 Å². The first-order valence-corrected chi connectivity index (χ1v) is 8.21. The lowest BCUT2D eigenvalue weighted by atomic mass is 9.80. The van der Waals surface area contributed by atoms with Crippen molar-refractivity contribution in [2.24, 2.45) is 11.8 Å². The van der Waals surface area contributed by atoms with Crippen LogP contribution in [0.1, 0.15) is 71.6 Å². The second-order valence-corrected chi connectivity index (χ2v) is 6.36. The maximum atomic E-state index is 12.7. The summed E-state index contributed by atoms with van der Waals surface area (Å²) in [5, 5.41) is 2.89. The Morgan fingerprint density at radius 2 is 1.95 bits per heavy atom. The Hall–Kier alpha value is -0.740. The van der Waals surface area contributed by atoms with Crippen LogP contribution in [-0.2, 0) is 4.79 Å². The number of alkyl halides is 3. The van der Waals surface area contributed by atoms with E-state index in [0.29, 0.717) is 12.8 Å². The summed E-state index contributed by atoms with van der Waals surface area (Å²) in [6.07, 6.45) is 2.51. The van der Waals surface area contributed by atoms with Gasteiger partial charge in [-0.3, -0.25) is 4.79 Å². The van der Waals surface area contributed by atoms with Gasteiger partial charge in [0.1, 0.15) is 0 Å². The molecule has 3 atom stereocenters. The minimum atomic E-state index is -4.16. The van der Waals surface area contributed by atoms with E-state index in [2.05, 4.69) is 12.2 Å². The predicted octanol–water partition coefficient (Wildman–Crippen LogP) is 4.83. The van der Waals surface area contributed by atoms with Crippen molar-refractivity contribution in [2.45, 2.75) is 83.9 Å². The van der Waals surface area contributed by atoms with Crippen LogP contribution in [0.2, 0.25) is 0 Å². The first-order chi connectivity index (χ1) is 9.84. The maximum absolute atomic E-state index is 12.7. The molecule has 0 aromatic rings. The van der Waals surface area contributed by atoms with Crippen molar-refractivity contribution < 1.29 is 18.0 Å². The zero-order valence-corrected chi connectivity index (χ0v) is 13.1. The molecule has 2 nitrogen and oxygen atoms in total. The quantitative estimate of drug-likeness (QED) is 0.671. The Morgan fingerprint density at radius 1 is 1.24 bits per heavy atom. The molecular weight excluding hydrogens is 279 g/mol. The molecule has 3 unspecified atom stereocenters. The second-order valence-electron chi connectivity index (χ2n) is 6.36. The van der Waals surface area contributed by atoms with E-state index in [1.165, 1.54) is 12.8 Å². The van der Waals surface area contributed by atoms with Crippen LogP contribution in [0, 0.1) is 11.8 Å². The topological polar surface area (TPSA) is 29.1 Å². The minimum absolute atomic E-state index is 0.0438. The Morgan fingerprint density at radius 3 is 2.57 bits per heavy atom. The van der Waals surface area contributed by atoms with Crippen molar-refractivity contribution in [1.82, 2.24) is 5.32 Å². The summed E-state index contributed by atoms with van der Waals surface area (Å²) in [6, 6.07) is 0.0561. The highest BCUT2D eigenvalue weighted by atomic mass is 19.4. The van der Waals surface area contributed by atoms with Crippen LogP contribution in [0.4, 0.5) is 13.2 Å². The summed E-state index contributed by atoms with van der Waals surface area (Å²) in [5.41, 5.74) is 0. The number of unbranched alkanes of at least 4 members (excludes halogenated alkanes) is 3. The van der Waals surface area contributed by atoms with Gasteiger partial charge in [-0.05, 0) is 32.6 Å². The molecule has 0 radical (unpaired) electrons. The van der Waals surface area contributed by atoms with Gasteiger partial charge in [-0.15, -0.1) is 0 Å². The molecule has 1 amide bonds. The lowest BCUT2D eigenvalue weighted by molar-refractivity contribution is -0.186. The Kier molecular flexibility index (Phi) is 7.53. The summed E-state index contributed by atoms with van der Waals surface area (Å²) < 4.78 is 38.2. The van der Waals surface area contributed by atoms with Crippen molar-refractivity contribution in [2.75, 3.05) is 0 Å². The summed E-state index contributed by atoms with van der Waals surface area (Å²) in [4.78, 5) is 12.1. The smallest absolute Gasteiger partial charge is 0.353 e. The number of nitrogens with one attached hydrogen (secondary N) is 1. The summed E-state index contributed by atoms with van der Waals surface area (Å²) in [7, 11) is 0. The third kappa shape index (κ3) is 6.70. The van der Waals surface area contributed by atoms with Crippen LogP contribution in [-0.4, -0.2) is 18.1 Å². The Balaban J connectivity index is 2.33. The van der Waals surface area contributed by atoms with Crippen LogP contribution in [0.3, 0.4) is 0 Å². The molecular formula is C16H28F3NO. The van der Waals surface area contributed by atoms with Crippen LogP contribution < -0.4 is 5.32 Å². The molecule has 0 aliphatic heterocycles. The third-order valence-corrected chi connectivity index (χ3v) is 4.39. The second kappa shape index (κ2) is 8.64. The molecule has 0 heterocycles. The molecule has 1 N–H and O–H groups in total. The number of amides is 1. The van der Waals surface area contributed by atoms with Gasteiger partial charge in [0.2, 0.25) is 5.91 Å². The third-order valence-electron chi connectivity index (χ3n) is 4.39. The molecule has 124 valence electrons. The fourth-order valence-corrected chi connectivity index (χ4v) is 3.04. The van der Waals surface area contributed by atoms with E-state index < -0.39 is 18.0 Å². The lowest BCUT2D eigenvalue weighted by Gasteiger charge is -2.30. The van der Waals surface area contributed by atoms with Crippen LogP contribution in [0.25, 0.3) is 0 Å². The minimum Gasteiger partial charge on any atom is -0.353 e. The molecule has 1 rings (SSSR count). The molecule has 21 heavy (non-hydrogen) atoms. The molecule has 0 saturated heterocycles. The maximum Gasteiger partial charge on any atom is 0.391 e. The average Bonchev–Trinajstić information content (AvgIpc) is 2.43. The lowest BCUT2D eigenvalue weighted by Crippen LogP contribution is -2.40. The highest BCUT2D eigenvalue weighted by Gasteiger charge is 2.43.